The maximum Gasteiger partial charge on any atom is 0.243 e. The molecule has 1 aromatic rings. The summed E-state index contributed by atoms with van der Waals surface area (Å²) in [6.07, 6.45) is 5.15. The van der Waals surface area contributed by atoms with Crippen molar-refractivity contribution in [2.45, 2.75) is 57.3 Å². The maximum atomic E-state index is 12.8. The van der Waals surface area contributed by atoms with E-state index in [1.54, 1.807) is 21.3 Å². The van der Waals surface area contributed by atoms with Crippen LogP contribution >= 0.6 is 0 Å². The molecule has 0 atom stereocenters. The van der Waals surface area contributed by atoms with Crippen molar-refractivity contribution < 1.29 is 13.2 Å². The molecule has 1 heterocycles. The van der Waals surface area contributed by atoms with Gasteiger partial charge in [0.2, 0.25) is 15.9 Å². The smallest absolute Gasteiger partial charge is 0.243 e. The van der Waals surface area contributed by atoms with Crippen molar-refractivity contribution in [3.05, 3.63) is 29.8 Å². The van der Waals surface area contributed by atoms with Gasteiger partial charge in [0.25, 0.3) is 0 Å². The first-order chi connectivity index (χ1) is 12.3. The SMILES string of the molecule is CC(C)CN(C)C(=O)CCc1ccc(S(=O)(=O)N2CCCCCC2)cc1. The molecule has 2 rings (SSSR count). The van der Waals surface area contributed by atoms with Gasteiger partial charge in [-0.1, -0.05) is 38.8 Å². The summed E-state index contributed by atoms with van der Waals surface area (Å²) in [5.41, 5.74) is 0.992. The number of hydrogen-bond acceptors (Lipinski definition) is 3. The molecule has 6 heteroatoms. The molecule has 0 bridgehead atoms. The van der Waals surface area contributed by atoms with Crippen LogP contribution in [0.1, 0.15) is 51.5 Å². The third-order valence-corrected chi connectivity index (χ3v) is 6.73. The molecule has 5 nitrogen and oxygen atoms in total. The van der Waals surface area contributed by atoms with E-state index in [4.69, 9.17) is 0 Å². The predicted octanol–water partition coefficient (Wildman–Crippen LogP) is 3.30. The van der Waals surface area contributed by atoms with Crippen LogP contribution < -0.4 is 0 Å². The minimum absolute atomic E-state index is 0.125. The van der Waals surface area contributed by atoms with E-state index in [9.17, 15) is 13.2 Å². The van der Waals surface area contributed by atoms with Crippen LogP contribution in [0.25, 0.3) is 0 Å². The second-order valence-electron chi connectivity index (χ2n) is 7.63. The Hall–Kier alpha value is -1.40. The van der Waals surface area contributed by atoms with Crippen molar-refractivity contribution in [3.63, 3.8) is 0 Å². The number of rotatable bonds is 7. The summed E-state index contributed by atoms with van der Waals surface area (Å²) in [5, 5.41) is 0. The first-order valence-corrected chi connectivity index (χ1v) is 11.1. The minimum Gasteiger partial charge on any atom is -0.345 e. The first kappa shape index (κ1) is 20.9. The molecule has 0 saturated carbocycles. The summed E-state index contributed by atoms with van der Waals surface area (Å²) in [6, 6.07) is 7.02. The quantitative estimate of drug-likeness (QED) is 0.729. The van der Waals surface area contributed by atoms with Crippen molar-refractivity contribution in [2.75, 3.05) is 26.7 Å². The summed E-state index contributed by atoms with van der Waals surface area (Å²) in [4.78, 5) is 14.3. The van der Waals surface area contributed by atoms with E-state index in [2.05, 4.69) is 13.8 Å². The number of amides is 1. The molecular weight excluding hydrogens is 348 g/mol. The van der Waals surface area contributed by atoms with Gasteiger partial charge in [0, 0.05) is 33.1 Å². The Morgan fingerprint density at radius 1 is 1.08 bits per heavy atom. The Labute approximate surface area is 158 Å². The highest BCUT2D eigenvalue weighted by Crippen LogP contribution is 2.21. The van der Waals surface area contributed by atoms with Gasteiger partial charge in [-0.15, -0.1) is 0 Å². The molecule has 1 aliphatic heterocycles. The van der Waals surface area contributed by atoms with Crippen molar-refractivity contribution in [1.29, 1.82) is 0 Å². The normalized spacial score (nSPS) is 16.5. The number of benzene rings is 1. The van der Waals surface area contributed by atoms with E-state index in [-0.39, 0.29) is 5.91 Å². The Kier molecular flexibility index (Phi) is 7.65. The van der Waals surface area contributed by atoms with Gasteiger partial charge in [-0.3, -0.25) is 4.79 Å². The van der Waals surface area contributed by atoms with Gasteiger partial charge in [0.1, 0.15) is 0 Å². The number of sulfonamides is 1. The maximum absolute atomic E-state index is 12.8. The van der Waals surface area contributed by atoms with E-state index in [0.29, 0.717) is 36.7 Å². The minimum atomic E-state index is -3.40. The van der Waals surface area contributed by atoms with Gasteiger partial charge >= 0.3 is 0 Å². The molecule has 146 valence electrons. The van der Waals surface area contributed by atoms with Crippen molar-refractivity contribution in [1.82, 2.24) is 9.21 Å². The molecule has 1 fully saturated rings. The standard InChI is InChI=1S/C20H32N2O3S/c1-17(2)16-21(3)20(23)13-10-18-8-11-19(12-9-18)26(24,25)22-14-6-4-5-7-15-22/h8-9,11-12,17H,4-7,10,13-16H2,1-3H3. The van der Waals surface area contributed by atoms with Gasteiger partial charge in [-0.25, -0.2) is 8.42 Å². The average Bonchev–Trinajstić information content (AvgIpc) is 2.89. The Bertz CT molecular complexity index is 676. The van der Waals surface area contributed by atoms with Crippen molar-refractivity contribution in [2.24, 2.45) is 5.92 Å². The van der Waals surface area contributed by atoms with Crippen LogP contribution in [0.5, 0.6) is 0 Å². The van der Waals surface area contributed by atoms with Gasteiger partial charge in [-0.2, -0.15) is 4.31 Å². The monoisotopic (exact) mass is 380 g/mol. The number of carbonyl (C=O) groups excluding carboxylic acids is 1. The highest BCUT2D eigenvalue weighted by Gasteiger charge is 2.24. The Balaban J connectivity index is 1.96. The van der Waals surface area contributed by atoms with E-state index >= 15 is 0 Å². The second kappa shape index (κ2) is 9.51. The predicted molar refractivity (Wildman–Crippen MR) is 104 cm³/mol. The van der Waals surface area contributed by atoms with E-state index in [1.807, 2.05) is 19.2 Å². The zero-order valence-electron chi connectivity index (χ0n) is 16.3. The molecule has 0 unspecified atom stereocenters. The van der Waals surface area contributed by atoms with Crippen LogP contribution in [0, 0.1) is 5.92 Å². The zero-order chi connectivity index (χ0) is 19.2. The highest BCUT2D eigenvalue weighted by molar-refractivity contribution is 7.89. The van der Waals surface area contributed by atoms with Crippen LogP contribution in [0.4, 0.5) is 0 Å². The average molecular weight is 381 g/mol. The van der Waals surface area contributed by atoms with Crippen molar-refractivity contribution >= 4 is 15.9 Å². The lowest BCUT2D eigenvalue weighted by Gasteiger charge is -2.20. The van der Waals surface area contributed by atoms with Crippen LogP contribution in [0.3, 0.4) is 0 Å². The van der Waals surface area contributed by atoms with Crippen LogP contribution in [0.15, 0.2) is 29.2 Å². The molecular formula is C20H32N2O3S. The molecule has 1 amide bonds. The van der Waals surface area contributed by atoms with Crippen LogP contribution in [-0.4, -0.2) is 50.2 Å². The fourth-order valence-corrected chi connectivity index (χ4v) is 4.87. The lowest BCUT2D eigenvalue weighted by atomic mass is 10.1. The first-order valence-electron chi connectivity index (χ1n) is 9.64. The molecule has 1 saturated heterocycles. The van der Waals surface area contributed by atoms with Crippen LogP contribution in [-0.2, 0) is 21.2 Å². The summed E-state index contributed by atoms with van der Waals surface area (Å²) in [5.74, 6) is 0.576. The van der Waals surface area contributed by atoms with Crippen LogP contribution in [0.2, 0.25) is 0 Å². The summed E-state index contributed by atoms with van der Waals surface area (Å²) in [6.45, 7) is 6.16. The molecule has 1 aromatic carbocycles. The molecule has 0 aromatic heterocycles. The number of aryl methyl sites for hydroxylation is 1. The van der Waals surface area contributed by atoms with Gasteiger partial charge < -0.3 is 4.90 Å². The topological polar surface area (TPSA) is 57.7 Å². The Morgan fingerprint density at radius 3 is 2.19 bits per heavy atom. The Morgan fingerprint density at radius 2 is 1.65 bits per heavy atom. The molecule has 0 radical (unpaired) electrons. The lowest BCUT2D eigenvalue weighted by Crippen LogP contribution is -2.31. The number of nitrogens with zero attached hydrogens (tertiary/aromatic N) is 2. The fraction of sp³-hybridized carbons (Fsp3) is 0.650. The lowest BCUT2D eigenvalue weighted by molar-refractivity contribution is -0.130. The molecule has 0 aliphatic carbocycles. The second-order valence-corrected chi connectivity index (χ2v) is 9.57. The number of carbonyl (C=O) groups is 1. The fourth-order valence-electron chi connectivity index (χ4n) is 3.35. The van der Waals surface area contributed by atoms with E-state index in [1.165, 1.54) is 0 Å². The zero-order valence-corrected chi connectivity index (χ0v) is 17.1. The number of hydrogen-bond donors (Lipinski definition) is 0. The summed E-state index contributed by atoms with van der Waals surface area (Å²) >= 11 is 0. The molecule has 26 heavy (non-hydrogen) atoms. The van der Waals surface area contributed by atoms with Gasteiger partial charge in [-0.05, 0) is 42.9 Å². The molecule has 1 aliphatic rings. The van der Waals surface area contributed by atoms with Gasteiger partial charge in [0.05, 0.1) is 4.90 Å². The van der Waals surface area contributed by atoms with E-state index in [0.717, 1.165) is 37.8 Å². The summed E-state index contributed by atoms with van der Waals surface area (Å²) < 4.78 is 27.2. The summed E-state index contributed by atoms with van der Waals surface area (Å²) in [7, 11) is -1.57. The third kappa shape index (κ3) is 5.81. The molecule has 0 spiro atoms. The highest BCUT2D eigenvalue weighted by atomic mass is 32.2. The largest absolute Gasteiger partial charge is 0.345 e. The van der Waals surface area contributed by atoms with Crippen molar-refractivity contribution in [3.8, 4) is 0 Å². The van der Waals surface area contributed by atoms with Gasteiger partial charge in [0.15, 0.2) is 0 Å². The van der Waals surface area contributed by atoms with E-state index < -0.39 is 10.0 Å². The molecule has 0 N–H and O–H groups in total. The third-order valence-electron chi connectivity index (χ3n) is 4.82.